The molecule has 0 unspecified atom stereocenters. The smallest absolute Gasteiger partial charge is 0.238 e. The molecule has 10 aromatic carbocycles. The van der Waals surface area contributed by atoms with E-state index in [0.717, 1.165) is 111 Å². The highest BCUT2D eigenvalue weighted by atomic mass is 16.3. The van der Waals surface area contributed by atoms with E-state index in [-0.39, 0.29) is 0 Å². The van der Waals surface area contributed by atoms with Crippen molar-refractivity contribution in [1.82, 2.24) is 19.5 Å². The summed E-state index contributed by atoms with van der Waals surface area (Å²) in [5.41, 5.74) is 16.6. The number of fused-ring (bicyclic) bond motifs is 7. The third-order valence-corrected chi connectivity index (χ3v) is 13.1. The highest BCUT2D eigenvalue weighted by Gasteiger charge is 2.24. The Hall–Kier alpha value is -9.19. The lowest BCUT2D eigenvalue weighted by atomic mass is 9.91. The van der Waals surface area contributed by atoms with Crippen molar-refractivity contribution >= 4 is 43.7 Å². The lowest BCUT2D eigenvalue weighted by Gasteiger charge is -2.12. The van der Waals surface area contributed by atoms with Crippen LogP contribution in [0, 0.1) is 0 Å². The van der Waals surface area contributed by atoms with Gasteiger partial charge in [-0.15, -0.1) is 0 Å². The molecular weight excluding hydrogens is 829 g/mol. The maximum atomic E-state index is 7.10. The predicted octanol–water partition coefficient (Wildman–Crippen LogP) is 16.5. The number of hydrogen-bond acceptors (Lipinski definition) is 4. The summed E-state index contributed by atoms with van der Waals surface area (Å²) in [6.45, 7) is 0. The summed E-state index contributed by atoms with van der Waals surface area (Å²) in [6, 6.07) is 85.2. The monoisotopic (exact) mass is 868 g/mol. The summed E-state index contributed by atoms with van der Waals surface area (Å²) >= 11 is 0. The van der Waals surface area contributed by atoms with E-state index in [0.29, 0.717) is 17.6 Å². The molecule has 0 aliphatic carbocycles. The quantitative estimate of drug-likeness (QED) is 0.153. The van der Waals surface area contributed by atoms with Crippen LogP contribution in [0.2, 0.25) is 0 Å². The highest BCUT2D eigenvalue weighted by molar-refractivity contribution is 6.23. The number of nitrogens with zero attached hydrogens (tertiary/aromatic N) is 4. The minimum atomic E-state index is 0.506. The first kappa shape index (κ1) is 39.2. The van der Waals surface area contributed by atoms with E-state index >= 15 is 0 Å². The van der Waals surface area contributed by atoms with Crippen LogP contribution in [0.1, 0.15) is 0 Å². The first-order valence-corrected chi connectivity index (χ1v) is 22.9. The van der Waals surface area contributed by atoms with Crippen LogP contribution in [0.4, 0.5) is 0 Å². The van der Waals surface area contributed by atoms with Crippen molar-refractivity contribution in [3.05, 3.63) is 243 Å². The number of rotatable bonds is 8. The molecule has 0 amide bonds. The van der Waals surface area contributed by atoms with Crippen LogP contribution in [0.15, 0.2) is 247 Å². The Morgan fingerprint density at radius 2 is 0.750 bits per heavy atom. The van der Waals surface area contributed by atoms with Crippen LogP contribution in [0.3, 0.4) is 0 Å². The highest BCUT2D eigenvalue weighted by Crippen LogP contribution is 2.44. The molecule has 3 aromatic heterocycles. The second-order valence-electron chi connectivity index (χ2n) is 17.2. The van der Waals surface area contributed by atoms with Crippen molar-refractivity contribution in [2.24, 2.45) is 0 Å². The molecule has 0 radical (unpaired) electrons. The normalized spacial score (nSPS) is 11.5. The van der Waals surface area contributed by atoms with Crippen molar-refractivity contribution < 1.29 is 4.42 Å². The minimum Gasteiger partial charge on any atom is -0.454 e. The third-order valence-electron chi connectivity index (χ3n) is 13.1. The zero-order valence-corrected chi connectivity index (χ0v) is 36.8. The first-order chi connectivity index (χ1) is 33.7. The summed E-state index contributed by atoms with van der Waals surface area (Å²) in [7, 11) is 0. The summed E-state index contributed by atoms with van der Waals surface area (Å²) in [6.07, 6.45) is 0. The fraction of sp³-hybridized carbons (Fsp3) is 0. The average molecular weight is 869 g/mol. The van der Waals surface area contributed by atoms with Crippen LogP contribution in [-0.4, -0.2) is 19.5 Å². The molecular formula is C63H40N4O. The summed E-state index contributed by atoms with van der Waals surface area (Å²) < 4.78 is 9.27. The predicted molar refractivity (Wildman–Crippen MR) is 279 cm³/mol. The molecule has 0 fully saturated rings. The van der Waals surface area contributed by atoms with Crippen molar-refractivity contribution in [1.29, 1.82) is 0 Å². The Balaban J connectivity index is 1.03. The topological polar surface area (TPSA) is 56.7 Å². The van der Waals surface area contributed by atoms with Gasteiger partial charge in [0.25, 0.3) is 0 Å². The van der Waals surface area contributed by atoms with Crippen molar-refractivity contribution in [3.8, 4) is 84.4 Å². The number of benzene rings is 10. The van der Waals surface area contributed by atoms with Crippen molar-refractivity contribution in [2.75, 3.05) is 0 Å². The molecule has 0 saturated carbocycles. The SMILES string of the molecule is c1ccc(-c2ccc(-c3nc(-c4ccc(-c5ccccc5)cc4)nc(-n4c5ccccc5c5ccc6c(oc7cccc(-c8cc(-c9ccccc9)cc(-c9ccccc9)c8)c76)c54)n3)cc2)cc1. The van der Waals surface area contributed by atoms with Crippen LogP contribution < -0.4 is 0 Å². The van der Waals surface area contributed by atoms with Gasteiger partial charge in [-0.05, 0) is 92.0 Å². The third kappa shape index (κ3) is 6.84. The molecule has 0 aliphatic rings. The molecule has 0 spiro atoms. The van der Waals surface area contributed by atoms with Gasteiger partial charge in [0.15, 0.2) is 17.2 Å². The Bertz CT molecular complexity index is 3820. The second kappa shape index (κ2) is 16.4. The van der Waals surface area contributed by atoms with Gasteiger partial charge in [-0.3, -0.25) is 4.57 Å². The molecule has 5 nitrogen and oxygen atoms in total. The summed E-state index contributed by atoms with van der Waals surface area (Å²) in [5, 5.41) is 4.20. The van der Waals surface area contributed by atoms with Crippen molar-refractivity contribution in [2.45, 2.75) is 0 Å². The first-order valence-electron chi connectivity index (χ1n) is 22.9. The Labute approximate surface area is 392 Å². The Morgan fingerprint density at radius 3 is 1.29 bits per heavy atom. The summed E-state index contributed by atoms with van der Waals surface area (Å²) in [4.78, 5) is 15.9. The molecule has 13 rings (SSSR count). The van der Waals surface area contributed by atoms with Gasteiger partial charge in [0.1, 0.15) is 11.1 Å². The van der Waals surface area contributed by atoms with Gasteiger partial charge in [-0.1, -0.05) is 206 Å². The summed E-state index contributed by atoms with van der Waals surface area (Å²) in [5.74, 6) is 1.66. The van der Waals surface area contributed by atoms with Gasteiger partial charge >= 0.3 is 0 Å². The van der Waals surface area contributed by atoms with E-state index in [1.165, 1.54) is 0 Å². The van der Waals surface area contributed by atoms with E-state index < -0.39 is 0 Å². The van der Waals surface area contributed by atoms with E-state index in [1.807, 2.05) is 12.1 Å². The number of aromatic nitrogens is 4. The molecule has 0 saturated heterocycles. The standard InChI is InChI=1S/C63H40N4O/c1-5-16-41(17-6-1)45-28-32-47(33-29-45)61-64-62(48-34-30-46(31-35-48)42-18-7-2-8-19-42)66-63(65-61)67-56-26-14-13-24-53(56)54-36-37-55-58-52(25-15-27-57(58)68-60(55)59(54)67)51-39-49(43-20-9-3-10-21-43)38-50(40-51)44-22-11-4-12-23-44/h1-40H. The molecule has 0 aliphatic heterocycles. The average Bonchev–Trinajstić information content (AvgIpc) is 3.98. The fourth-order valence-electron chi connectivity index (χ4n) is 9.77. The molecule has 0 atom stereocenters. The van der Waals surface area contributed by atoms with Crippen LogP contribution >= 0.6 is 0 Å². The van der Waals surface area contributed by atoms with E-state index in [1.54, 1.807) is 0 Å². The maximum Gasteiger partial charge on any atom is 0.238 e. The molecule has 68 heavy (non-hydrogen) atoms. The Morgan fingerprint density at radius 1 is 0.309 bits per heavy atom. The van der Waals surface area contributed by atoms with Gasteiger partial charge in [0, 0.05) is 32.7 Å². The van der Waals surface area contributed by atoms with Crippen molar-refractivity contribution in [3.63, 3.8) is 0 Å². The fourth-order valence-corrected chi connectivity index (χ4v) is 9.77. The Kier molecular flexibility index (Phi) is 9.43. The number of furan rings is 1. The molecule has 0 bridgehead atoms. The molecule has 3 heterocycles. The van der Waals surface area contributed by atoms with E-state index in [9.17, 15) is 0 Å². The zero-order chi connectivity index (χ0) is 45.0. The van der Waals surface area contributed by atoms with E-state index in [2.05, 4.69) is 235 Å². The molecule has 13 aromatic rings. The van der Waals surface area contributed by atoms with Crippen LogP contribution in [0.25, 0.3) is 128 Å². The van der Waals surface area contributed by atoms with Gasteiger partial charge in [0.2, 0.25) is 5.95 Å². The number of para-hydroxylation sites is 1. The van der Waals surface area contributed by atoms with Gasteiger partial charge in [-0.25, -0.2) is 4.98 Å². The lowest BCUT2D eigenvalue weighted by Crippen LogP contribution is -2.06. The van der Waals surface area contributed by atoms with Gasteiger partial charge in [-0.2, -0.15) is 9.97 Å². The van der Waals surface area contributed by atoms with E-state index in [4.69, 9.17) is 19.4 Å². The molecule has 0 N–H and O–H groups in total. The van der Waals surface area contributed by atoms with Gasteiger partial charge in [0.05, 0.1) is 5.52 Å². The molecule has 5 heteroatoms. The molecule has 318 valence electrons. The number of hydrogen-bond donors (Lipinski definition) is 0. The minimum absolute atomic E-state index is 0.506. The zero-order valence-electron chi connectivity index (χ0n) is 36.8. The van der Waals surface area contributed by atoms with Crippen LogP contribution in [-0.2, 0) is 0 Å². The van der Waals surface area contributed by atoms with Gasteiger partial charge < -0.3 is 4.42 Å². The largest absolute Gasteiger partial charge is 0.454 e. The second-order valence-corrected chi connectivity index (χ2v) is 17.2. The maximum absolute atomic E-state index is 7.10. The lowest BCUT2D eigenvalue weighted by molar-refractivity contribution is 0.671. The van der Waals surface area contributed by atoms with Crippen LogP contribution in [0.5, 0.6) is 0 Å².